The van der Waals surface area contributed by atoms with Crippen LogP contribution in [-0.2, 0) is 0 Å². The smallest absolute Gasteiger partial charge is 0.00229 e. The summed E-state index contributed by atoms with van der Waals surface area (Å²) in [6, 6.07) is 0. The van der Waals surface area contributed by atoms with Gasteiger partial charge in [0, 0.05) is 13.1 Å². The van der Waals surface area contributed by atoms with E-state index in [1.807, 2.05) is 0 Å². The Hall–Kier alpha value is -0.0400. The molecule has 2 rings (SSSR count). The summed E-state index contributed by atoms with van der Waals surface area (Å²) in [7, 11) is 0. The van der Waals surface area contributed by atoms with Crippen LogP contribution in [0.2, 0.25) is 0 Å². The van der Waals surface area contributed by atoms with Gasteiger partial charge in [0.1, 0.15) is 0 Å². The van der Waals surface area contributed by atoms with E-state index in [1.165, 1.54) is 51.6 Å². The molecule has 1 N–H and O–H groups in total. The predicted molar refractivity (Wildman–Crippen MR) is 61.3 cm³/mol. The van der Waals surface area contributed by atoms with E-state index in [4.69, 9.17) is 0 Å². The van der Waals surface area contributed by atoms with Gasteiger partial charge in [0.25, 0.3) is 0 Å². The fraction of sp³-hybridized carbons (Fsp3) is 1.00. The van der Waals surface area contributed by atoms with Gasteiger partial charge >= 0.3 is 0 Å². The normalized spacial score (nSPS) is 26.8. The highest BCUT2D eigenvalue weighted by molar-refractivity contribution is 4.98. The van der Waals surface area contributed by atoms with Crippen LogP contribution >= 0.6 is 0 Å². The number of hydrogen-bond acceptors (Lipinski definition) is 1. The van der Waals surface area contributed by atoms with Crippen LogP contribution in [0.25, 0.3) is 0 Å². The van der Waals surface area contributed by atoms with Crippen LogP contribution in [0.4, 0.5) is 0 Å². The van der Waals surface area contributed by atoms with E-state index in [0.717, 1.165) is 17.3 Å². The molecule has 0 radical (unpaired) electrons. The van der Waals surface area contributed by atoms with E-state index < -0.39 is 0 Å². The summed E-state index contributed by atoms with van der Waals surface area (Å²) >= 11 is 0. The van der Waals surface area contributed by atoms with Crippen molar-refractivity contribution < 1.29 is 0 Å². The average Bonchev–Trinajstić information content (AvgIpc) is 2.55. The zero-order valence-corrected chi connectivity index (χ0v) is 9.81. The molecule has 1 aliphatic carbocycles. The van der Waals surface area contributed by atoms with Gasteiger partial charge in [-0.05, 0) is 36.5 Å². The van der Waals surface area contributed by atoms with Crippen LogP contribution in [-0.4, -0.2) is 13.1 Å². The maximum absolute atomic E-state index is 3.50. The molecule has 0 bridgehead atoms. The van der Waals surface area contributed by atoms with E-state index >= 15 is 0 Å². The molecular weight excluding hydrogens is 170 g/mol. The topological polar surface area (TPSA) is 12.0 Å². The Kier molecular flexibility index (Phi) is 3.16. The first-order chi connectivity index (χ1) is 6.73. The summed E-state index contributed by atoms with van der Waals surface area (Å²) in [6.45, 7) is 7.33. The Morgan fingerprint density at radius 3 is 2.29 bits per heavy atom. The van der Waals surface area contributed by atoms with Crippen LogP contribution in [0.15, 0.2) is 0 Å². The first-order valence-electron chi connectivity index (χ1n) is 6.44. The SMILES string of the molecule is CC(C)CCC1(C2CCCC2)CNC1. The van der Waals surface area contributed by atoms with E-state index in [9.17, 15) is 0 Å². The van der Waals surface area contributed by atoms with Crippen LogP contribution in [0.3, 0.4) is 0 Å². The minimum Gasteiger partial charge on any atom is -0.316 e. The lowest BCUT2D eigenvalue weighted by molar-refractivity contribution is 0.0632. The Balaban J connectivity index is 1.88. The Bertz CT molecular complexity index is 176. The van der Waals surface area contributed by atoms with Crippen molar-refractivity contribution in [2.24, 2.45) is 17.3 Å². The molecule has 0 amide bonds. The van der Waals surface area contributed by atoms with Gasteiger partial charge in [-0.3, -0.25) is 0 Å². The molecule has 0 atom stereocenters. The fourth-order valence-electron chi connectivity index (χ4n) is 3.23. The lowest BCUT2D eigenvalue weighted by atomic mass is 9.66. The van der Waals surface area contributed by atoms with Crippen molar-refractivity contribution >= 4 is 0 Å². The summed E-state index contributed by atoms with van der Waals surface area (Å²) in [5.74, 6) is 1.94. The molecule has 1 aliphatic heterocycles. The lowest BCUT2D eigenvalue weighted by Gasteiger charge is -2.48. The van der Waals surface area contributed by atoms with Crippen molar-refractivity contribution in [3.63, 3.8) is 0 Å². The summed E-state index contributed by atoms with van der Waals surface area (Å²) in [5, 5.41) is 3.50. The van der Waals surface area contributed by atoms with Gasteiger partial charge in [0.05, 0.1) is 0 Å². The van der Waals surface area contributed by atoms with Gasteiger partial charge < -0.3 is 5.32 Å². The molecule has 82 valence electrons. The van der Waals surface area contributed by atoms with Gasteiger partial charge in [-0.1, -0.05) is 33.1 Å². The molecule has 1 saturated carbocycles. The third kappa shape index (κ3) is 1.98. The minimum absolute atomic E-state index is 0.723. The zero-order valence-electron chi connectivity index (χ0n) is 9.81. The molecule has 0 spiro atoms. The second kappa shape index (κ2) is 4.22. The molecule has 0 aromatic carbocycles. The quantitative estimate of drug-likeness (QED) is 0.726. The maximum atomic E-state index is 3.50. The minimum atomic E-state index is 0.723. The molecule has 14 heavy (non-hydrogen) atoms. The third-order valence-corrected chi connectivity index (χ3v) is 4.39. The van der Waals surface area contributed by atoms with E-state index in [0.29, 0.717) is 0 Å². The molecular formula is C13H25N. The summed E-state index contributed by atoms with van der Waals surface area (Å²) < 4.78 is 0. The Morgan fingerprint density at radius 2 is 1.86 bits per heavy atom. The summed E-state index contributed by atoms with van der Waals surface area (Å²) in [5.41, 5.74) is 0.723. The number of rotatable bonds is 4. The van der Waals surface area contributed by atoms with Crippen molar-refractivity contribution in [2.45, 2.75) is 52.4 Å². The van der Waals surface area contributed by atoms with Gasteiger partial charge in [0.2, 0.25) is 0 Å². The lowest BCUT2D eigenvalue weighted by Crippen LogP contribution is -2.57. The molecule has 2 fully saturated rings. The summed E-state index contributed by atoms with van der Waals surface area (Å²) in [4.78, 5) is 0. The molecule has 1 nitrogen and oxygen atoms in total. The Labute approximate surface area is 88.7 Å². The molecule has 0 unspecified atom stereocenters. The highest BCUT2D eigenvalue weighted by Crippen LogP contribution is 2.46. The van der Waals surface area contributed by atoms with Crippen molar-refractivity contribution in [3.05, 3.63) is 0 Å². The second-order valence-corrected chi connectivity index (χ2v) is 5.88. The van der Waals surface area contributed by atoms with Crippen molar-refractivity contribution in [1.82, 2.24) is 5.32 Å². The monoisotopic (exact) mass is 195 g/mol. The fourth-order valence-corrected chi connectivity index (χ4v) is 3.23. The average molecular weight is 195 g/mol. The predicted octanol–water partition coefficient (Wildman–Crippen LogP) is 3.20. The van der Waals surface area contributed by atoms with Gasteiger partial charge in [-0.15, -0.1) is 0 Å². The van der Waals surface area contributed by atoms with E-state index in [-0.39, 0.29) is 0 Å². The largest absolute Gasteiger partial charge is 0.316 e. The molecule has 2 aliphatic rings. The maximum Gasteiger partial charge on any atom is 0.00229 e. The summed E-state index contributed by atoms with van der Waals surface area (Å²) in [6.07, 6.45) is 8.92. The highest BCUT2D eigenvalue weighted by Gasteiger charge is 2.44. The van der Waals surface area contributed by atoms with Gasteiger partial charge in [-0.25, -0.2) is 0 Å². The van der Waals surface area contributed by atoms with E-state index in [1.54, 1.807) is 0 Å². The van der Waals surface area contributed by atoms with Crippen LogP contribution in [0.1, 0.15) is 52.4 Å². The molecule has 1 heteroatoms. The van der Waals surface area contributed by atoms with Crippen LogP contribution in [0, 0.1) is 17.3 Å². The first-order valence-corrected chi connectivity index (χ1v) is 6.44. The van der Waals surface area contributed by atoms with Crippen molar-refractivity contribution in [3.8, 4) is 0 Å². The van der Waals surface area contributed by atoms with Crippen molar-refractivity contribution in [2.75, 3.05) is 13.1 Å². The molecule has 0 aromatic heterocycles. The standard InChI is InChI=1S/C13H25N/c1-11(2)7-8-13(9-14-10-13)12-5-3-4-6-12/h11-12,14H,3-10H2,1-2H3. The molecule has 1 saturated heterocycles. The van der Waals surface area contributed by atoms with Crippen LogP contribution in [0.5, 0.6) is 0 Å². The third-order valence-electron chi connectivity index (χ3n) is 4.39. The molecule has 0 aromatic rings. The van der Waals surface area contributed by atoms with E-state index in [2.05, 4.69) is 19.2 Å². The Morgan fingerprint density at radius 1 is 1.21 bits per heavy atom. The number of nitrogens with one attached hydrogen (secondary N) is 1. The first kappa shape index (κ1) is 10.5. The second-order valence-electron chi connectivity index (χ2n) is 5.88. The highest BCUT2D eigenvalue weighted by atomic mass is 15.0. The molecule has 1 heterocycles. The number of hydrogen-bond donors (Lipinski definition) is 1. The van der Waals surface area contributed by atoms with Gasteiger partial charge in [-0.2, -0.15) is 0 Å². The van der Waals surface area contributed by atoms with Gasteiger partial charge in [0.15, 0.2) is 0 Å². The van der Waals surface area contributed by atoms with Crippen molar-refractivity contribution in [1.29, 1.82) is 0 Å². The van der Waals surface area contributed by atoms with Crippen LogP contribution < -0.4 is 5.32 Å². The zero-order chi connectivity index (χ0) is 10.0.